The van der Waals surface area contributed by atoms with Gasteiger partial charge in [-0.2, -0.15) is 0 Å². The Morgan fingerprint density at radius 2 is 2.43 bits per heavy atom. The number of ether oxygens (including phenoxy) is 1. The van der Waals surface area contributed by atoms with Crippen LogP contribution in [-0.2, 0) is 4.74 Å². The fourth-order valence-corrected chi connectivity index (χ4v) is 0.282. The summed E-state index contributed by atoms with van der Waals surface area (Å²) < 4.78 is 4.96. The lowest BCUT2D eigenvalue weighted by molar-refractivity contribution is 0.126. The van der Waals surface area contributed by atoms with Gasteiger partial charge in [0.2, 0.25) is 0 Å². The number of rotatable bonds is 3. The lowest BCUT2D eigenvalue weighted by atomic mass is 10.4. The fourth-order valence-electron chi connectivity index (χ4n) is 0.282. The van der Waals surface area contributed by atoms with Gasteiger partial charge >= 0.3 is 0 Å². The predicted molar refractivity (Wildman–Crippen MR) is 31.0 cm³/mol. The van der Waals surface area contributed by atoms with E-state index in [0.717, 1.165) is 0 Å². The summed E-state index contributed by atoms with van der Waals surface area (Å²) in [5, 5.41) is 0. The van der Waals surface area contributed by atoms with Gasteiger partial charge in [0.1, 0.15) is 0 Å². The molecule has 0 fully saturated rings. The summed E-state index contributed by atoms with van der Waals surface area (Å²) in [5.74, 6) is 0. The summed E-state index contributed by atoms with van der Waals surface area (Å²) in [5.41, 5.74) is 0. The second-order valence-corrected chi connectivity index (χ2v) is 1.23. The number of hydrogen-bond acceptors (Lipinski definition) is 1. The average Bonchev–Trinajstić information content (AvgIpc) is 1.68. The molecule has 1 radical (unpaired) electrons. The van der Waals surface area contributed by atoms with Crippen LogP contribution >= 0.6 is 0 Å². The van der Waals surface area contributed by atoms with Gasteiger partial charge in [0.05, 0.1) is 6.10 Å². The van der Waals surface area contributed by atoms with Crippen LogP contribution in [0.1, 0.15) is 6.92 Å². The molecule has 41 valence electrons. The monoisotopic (exact) mass is 99.1 g/mol. The summed E-state index contributed by atoms with van der Waals surface area (Å²) in [4.78, 5) is 0. The van der Waals surface area contributed by atoms with E-state index in [0.29, 0.717) is 6.61 Å². The van der Waals surface area contributed by atoms with Crippen molar-refractivity contribution in [3.63, 3.8) is 0 Å². The second kappa shape index (κ2) is 3.88. The van der Waals surface area contributed by atoms with Crippen LogP contribution in [0.25, 0.3) is 0 Å². The van der Waals surface area contributed by atoms with Gasteiger partial charge in [-0.3, -0.25) is 0 Å². The molecule has 0 aromatic carbocycles. The molecule has 0 aliphatic heterocycles. The van der Waals surface area contributed by atoms with Crippen LogP contribution in [0, 0.1) is 6.92 Å². The molecule has 0 spiro atoms. The predicted octanol–water partition coefficient (Wildman–Crippen LogP) is 1.41. The minimum atomic E-state index is -0.0370. The molecule has 1 unspecified atom stereocenters. The largest absolute Gasteiger partial charge is 0.374 e. The molecule has 0 aromatic rings. The maximum atomic E-state index is 4.96. The van der Waals surface area contributed by atoms with Crippen molar-refractivity contribution in [1.82, 2.24) is 0 Å². The highest BCUT2D eigenvalue weighted by atomic mass is 16.5. The van der Waals surface area contributed by atoms with Gasteiger partial charge < -0.3 is 4.74 Å². The topological polar surface area (TPSA) is 9.23 Å². The van der Waals surface area contributed by atoms with Gasteiger partial charge in [-0.1, -0.05) is 6.08 Å². The Labute approximate surface area is 45.0 Å². The molecule has 7 heavy (non-hydrogen) atoms. The van der Waals surface area contributed by atoms with E-state index in [1.165, 1.54) is 0 Å². The van der Waals surface area contributed by atoms with Crippen LogP contribution in [0.4, 0.5) is 0 Å². The highest BCUT2D eigenvalue weighted by Crippen LogP contribution is 1.86. The van der Waals surface area contributed by atoms with Gasteiger partial charge in [0.25, 0.3) is 0 Å². The average molecular weight is 99.2 g/mol. The molecule has 0 saturated carbocycles. The standard InChI is InChI=1S/C6H11O/c1-4-6(3)7-5-2/h4,6H,1,3,5H2,2H3. The van der Waals surface area contributed by atoms with Gasteiger partial charge in [0, 0.05) is 6.61 Å². The van der Waals surface area contributed by atoms with Crippen molar-refractivity contribution < 1.29 is 4.74 Å². The zero-order chi connectivity index (χ0) is 5.70. The maximum Gasteiger partial charge on any atom is 0.0754 e. The SMILES string of the molecule is [CH2]C(C=C)OCC. The summed E-state index contributed by atoms with van der Waals surface area (Å²) in [7, 11) is 0. The van der Waals surface area contributed by atoms with Crippen molar-refractivity contribution in [2.45, 2.75) is 13.0 Å². The van der Waals surface area contributed by atoms with E-state index in [4.69, 9.17) is 4.74 Å². The highest BCUT2D eigenvalue weighted by molar-refractivity contribution is 4.81. The van der Waals surface area contributed by atoms with Crippen LogP contribution in [0.3, 0.4) is 0 Å². The molecule has 0 bridgehead atoms. The smallest absolute Gasteiger partial charge is 0.0754 e. The molecule has 0 aliphatic carbocycles. The fraction of sp³-hybridized carbons (Fsp3) is 0.500. The number of hydrogen-bond donors (Lipinski definition) is 0. The first-order chi connectivity index (χ1) is 3.31. The van der Waals surface area contributed by atoms with E-state index in [2.05, 4.69) is 13.5 Å². The second-order valence-electron chi connectivity index (χ2n) is 1.23. The first-order valence-corrected chi connectivity index (χ1v) is 2.38. The van der Waals surface area contributed by atoms with E-state index < -0.39 is 0 Å². The molecule has 0 rings (SSSR count). The molecular formula is C6H11O. The molecule has 1 heteroatoms. The van der Waals surface area contributed by atoms with Crippen LogP contribution in [0.15, 0.2) is 12.7 Å². The van der Waals surface area contributed by atoms with Gasteiger partial charge in [-0.05, 0) is 13.8 Å². The summed E-state index contributed by atoms with van der Waals surface area (Å²) in [6.07, 6.45) is 1.63. The molecule has 0 amide bonds. The first-order valence-electron chi connectivity index (χ1n) is 2.38. The molecule has 1 atom stereocenters. The van der Waals surface area contributed by atoms with Gasteiger partial charge in [-0.25, -0.2) is 0 Å². The summed E-state index contributed by atoms with van der Waals surface area (Å²) >= 11 is 0. The lowest BCUT2D eigenvalue weighted by Crippen LogP contribution is -2.02. The molecule has 1 nitrogen and oxygen atoms in total. The van der Waals surface area contributed by atoms with Crippen LogP contribution in [0.2, 0.25) is 0 Å². The third-order valence-corrected chi connectivity index (χ3v) is 0.644. The van der Waals surface area contributed by atoms with Gasteiger partial charge in [-0.15, -0.1) is 6.58 Å². The van der Waals surface area contributed by atoms with E-state index in [9.17, 15) is 0 Å². The van der Waals surface area contributed by atoms with E-state index in [-0.39, 0.29) is 6.10 Å². The molecular weight excluding hydrogens is 88.1 g/mol. The van der Waals surface area contributed by atoms with Crippen molar-refractivity contribution in [3.8, 4) is 0 Å². The molecule has 0 saturated heterocycles. The molecule has 0 N–H and O–H groups in total. The highest BCUT2D eigenvalue weighted by Gasteiger charge is 1.88. The Morgan fingerprint density at radius 3 is 2.57 bits per heavy atom. The zero-order valence-electron chi connectivity index (χ0n) is 4.68. The van der Waals surface area contributed by atoms with Crippen molar-refractivity contribution in [3.05, 3.63) is 19.6 Å². The van der Waals surface area contributed by atoms with Crippen LogP contribution in [-0.4, -0.2) is 12.7 Å². The van der Waals surface area contributed by atoms with E-state index in [1.54, 1.807) is 6.08 Å². The maximum absolute atomic E-state index is 4.96. The summed E-state index contributed by atoms with van der Waals surface area (Å²) in [6.45, 7) is 9.74. The Balaban J connectivity index is 2.98. The molecule has 0 aromatic heterocycles. The van der Waals surface area contributed by atoms with Crippen molar-refractivity contribution in [2.75, 3.05) is 6.61 Å². The van der Waals surface area contributed by atoms with E-state index >= 15 is 0 Å². The lowest BCUT2D eigenvalue weighted by Gasteiger charge is -2.02. The minimum Gasteiger partial charge on any atom is -0.374 e. The van der Waals surface area contributed by atoms with Crippen LogP contribution < -0.4 is 0 Å². The Kier molecular flexibility index (Phi) is 3.71. The Morgan fingerprint density at radius 1 is 1.86 bits per heavy atom. The van der Waals surface area contributed by atoms with E-state index in [1.807, 2.05) is 6.92 Å². The van der Waals surface area contributed by atoms with Crippen molar-refractivity contribution in [1.29, 1.82) is 0 Å². The van der Waals surface area contributed by atoms with Crippen molar-refractivity contribution >= 4 is 0 Å². The zero-order valence-corrected chi connectivity index (χ0v) is 4.68. The van der Waals surface area contributed by atoms with Crippen molar-refractivity contribution in [2.24, 2.45) is 0 Å². The molecule has 0 heterocycles. The minimum absolute atomic E-state index is 0.0370. The quantitative estimate of drug-likeness (QED) is 0.486. The van der Waals surface area contributed by atoms with Gasteiger partial charge in [0.15, 0.2) is 0 Å². The first kappa shape index (κ1) is 6.70. The Bertz CT molecular complexity index is 50.1. The van der Waals surface area contributed by atoms with Crippen LogP contribution in [0.5, 0.6) is 0 Å². The third-order valence-electron chi connectivity index (χ3n) is 0.644. The summed E-state index contributed by atoms with van der Waals surface area (Å²) in [6, 6.07) is 0. The third kappa shape index (κ3) is 3.53. The molecule has 0 aliphatic rings. The normalized spacial score (nSPS) is 13.4. The Hall–Kier alpha value is -0.300.